The summed E-state index contributed by atoms with van der Waals surface area (Å²) in [4.78, 5) is 20.0. The number of amides is 1. The molecule has 2 rings (SSSR count). The van der Waals surface area contributed by atoms with Gasteiger partial charge in [0.1, 0.15) is 5.76 Å². The first-order valence-electron chi connectivity index (χ1n) is 5.53. The summed E-state index contributed by atoms with van der Waals surface area (Å²) >= 11 is 1.39. The van der Waals surface area contributed by atoms with Gasteiger partial charge in [0.2, 0.25) is 11.8 Å². The van der Waals surface area contributed by atoms with Crippen LogP contribution in [0.1, 0.15) is 30.4 Å². The highest BCUT2D eigenvalue weighted by molar-refractivity contribution is 7.16. The van der Waals surface area contributed by atoms with Crippen LogP contribution in [0, 0.1) is 0 Å². The zero-order chi connectivity index (χ0) is 13.0. The second-order valence-electron chi connectivity index (χ2n) is 3.60. The summed E-state index contributed by atoms with van der Waals surface area (Å²) in [6, 6.07) is 0. The number of aromatic nitrogens is 2. The molecule has 0 radical (unpaired) electrons. The Kier molecular flexibility index (Phi) is 3.88. The van der Waals surface area contributed by atoms with Crippen molar-refractivity contribution < 1.29 is 9.21 Å². The molecule has 0 atom stereocenters. The number of oxazole rings is 1. The van der Waals surface area contributed by atoms with Crippen LogP contribution in [-0.2, 0) is 11.2 Å². The first-order chi connectivity index (χ1) is 8.67. The van der Waals surface area contributed by atoms with Crippen molar-refractivity contribution in [3.63, 3.8) is 0 Å². The molecule has 18 heavy (non-hydrogen) atoms. The molecule has 2 aromatic heterocycles. The molecule has 0 aliphatic carbocycles. The van der Waals surface area contributed by atoms with Crippen LogP contribution in [0.25, 0.3) is 12.2 Å². The third-order valence-corrected chi connectivity index (χ3v) is 2.99. The molecule has 0 aliphatic heterocycles. The van der Waals surface area contributed by atoms with Crippen LogP contribution in [0.15, 0.2) is 16.8 Å². The minimum Gasteiger partial charge on any atom is -0.442 e. The van der Waals surface area contributed by atoms with Crippen LogP contribution < -0.4 is 5.32 Å². The molecule has 0 unspecified atom stereocenters. The van der Waals surface area contributed by atoms with E-state index in [4.69, 9.17) is 4.42 Å². The van der Waals surface area contributed by atoms with E-state index in [0.29, 0.717) is 11.0 Å². The van der Waals surface area contributed by atoms with Crippen molar-refractivity contribution in [3.8, 4) is 0 Å². The van der Waals surface area contributed by atoms with Crippen molar-refractivity contribution in [3.05, 3.63) is 28.9 Å². The van der Waals surface area contributed by atoms with Crippen molar-refractivity contribution in [2.75, 3.05) is 5.32 Å². The lowest BCUT2D eigenvalue weighted by Crippen LogP contribution is -2.04. The van der Waals surface area contributed by atoms with Crippen LogP contribution in [0.2, 0.25) is 0 Å². The van der Waals surface area contributed by atoms with Crippen LogP contribution in [0.4, 0.5) is 5.13 Å². The number of nitrogens with zero attached hydrogens (tertiary/aromatic N) is 2. The molecule has 0 saturated heterocycles. The van der Waals surface area contributed by atoms with E-state index < -0.39 is 0 Å². The Morgan fingerprint density at radius 2 is 2.28 bits per heavy atom. The Labute approximate surface area is 109 Å². The van der Waals surface area contributed by atoms with E-state index in [1.807, 2.05) is 13.0 Å². The summed E-state index contributed by atoms with van der Waals surface area (Å²) in [5, 5.41) is 3.22. The molecular formula is C12H13N3O2S. The third kappa shape index (κ3) is 3.27. The van der Waals surface area contributed by atoms with E-state index in [9.17, 15) is 4.79 Å². The number of aryl methyl sites for hydroxylation is 1. The van der Waals surface area contributed by atoms with Gasteiger partial charge in [-0.05, 0) is 6.08 Å². The molecule has 5 nitrogen and oxygen atoms in total. The number of anilines is 1. The number of carbonyl (C=O) groups excluding carboxylic acids is 1. The second-order valence-corrected chi connectivity index (χ2v) is 4.66. The molecule has 6 heteroatoms. The lowest BCUT2D eigenvalue weighted by Gasteiger charge is -1.91. The van der Waals surface area contributed by atoms with E-state index >= 15 is 0 Å². The molecule has 0 aliphatic rings. The second kappa shape index (κ2) is 5.59. The number of nitrogens with one attached hydrogen (secondary N) is 1. The van der Waals surface area contributed by atoms with Crippen LogP contribution in [0.3, 0.4) is 0 Å². The summed E-state index contributed by atoms with van der Waals surface area (Å²) in [5.41, 5.74) is 0. The van der Waals surface area contributed by atoms with Gasteiger partial charge in [-0.25, -0.2) is 9.97 Å². The van der Waals surface area contributed by atoms with E-state index in [2.05, 4.69) is 15.3 Å². The number of carbonyl (C=O) groups is 1. The molecule has 94 valence electrons. The molecule has 0 spiro atoms. The van der Waals surface area contributed by atoms with E-state index in [1.54, 1.807) is 18.5 Å². The maximum atomic E-state index is 10.9. The molecule has 0 fully saturated rings. The van der Waals surface area contributed by atoms with Gasteiger partial charge < -0.3 is 9.73 Å². The van der Waals surface area contributed by atoms with Crippen molar-refractivity contribution in [1.29, 1.82) is 0 Å². The zero-order valence-electron chi connectivity index (χ0n) is 10.1. The van der Waals surface area contributed by atoms with Gasteiger partial charge >= 0.3 is 0 Å². The van der Waals surface area contributed by atoms with E-state index in [-0.39, 0.29) is 5.91 Å². The van der Waals surface area contributed by atoms with E-state index in [1.165, 1.54) is 18.3 Å². The summed E-state index contributed by atoms with van der Waals surface area (Å²) in [7, 11) is 0. The predicted molar refractivity (Wildman–Crippen MR) is 71.2 cm³/mol. The fraction of sp³-hybridized carbons (Fsp3) is 0.250. The number of thiazole rings is 1. The number of hydrogen-bond acceptors (Lipinski definition) is 5. The van der Waals surface area contributed by atoms with Gasteiger partial charge in [-0.15, -0.1) is 0 Å². The highest BCUT2D eigenvalue weighted by Crippen LogP contribution is 2.20. The first kappa shape index (κ1) is 12.5. The Hall–Kier alpha value is -1.95. The van der Waals surface area contributed by atoms with Gasteiger partial charge in [0.15, 0.2) is 5.13 Å². The summed E-state index contributed by atoms with van der Waals surface area (Å²) in [6.07, 6.45) is 7.87. The third-order valence-electron chi connectivity index (χ3n) is 2.12. The van der Waals surface area contributed by atoms with E-state index in [0.717, 1.165) is 17.1 Å². The fourth-order valence-electron chi connectivity index (χ4n) is 1.29. The Morgan fingerprint density at radius 1 is 1.44 bits per heavy atom. The Morgan fingerprint density at radius 3 is 2.94 bits per heavy atom. The summed E-state index contributed by atoms with van der Waals surface area (Å²) < 4.78 is 5.44. The maximum Gasteiger partial charge on any atom is 0.223 e. The van der Waals surface area contributed by atoms with Crippen molar-refractivity contribution in [2.24, 2.45) is 0 Å². The molecule has 0 saturated carbocycles. The van der Waals surface area contributed by atoms with Crippen molar-refractivity contribution in [1.82, 2.24) is 9.97 Å². The van der Waals surface area contributed by atoms with Crippen LogP contribution in [0.5, 0.6) is 0 Å². The standard InChI is InChI=1S/C12H13N3O2S/c1-3-9-6-13-11(17-9)5-4-10-7-14-12(18-10)15-8(2)16/h4-7H,3H2,1-2H3,(H,14,15,16)/b5-4+. The summed E-state index contributed by atoms with van der Waals surface area (Å²) in [5.74, 6) is 1.30. The molecule has 1 N–H and O–H groups in total. The molecule has 2 aromatic rings. The SMILES string of the molecule is CCc1cnc(/C=C/c2cnc(NC(C)=O)s2)o1. The van der Waals surface area contributed by atoms with Gasteiger partial charge in [-0.2, -0.15) is 0 Å². The largest absolute Gasteiger partial charge is 0.442 e. The highest BCUT2D eigenvalue weighted by atomic mass is 32.1. The zero-order valence-corrected chi connectivity index (χ0v) is 11.0. The minimum atomic E-state index is -0.125. The normalized spacial score (nSPS) is 11.0. The lowest BCUT2D eigenvalue weighted by atomic mass is 10.4. The van der Waals surface area contributed by atoms with Crippen LogP contribution >= 0.6 is 11.3 Å². The van der Waals surface area contributed by atoms with Gasteiger partial charge in [0, 0.05) is 30.5 Å². The lowest BCUT2D eigenvalue weighted by molar-refractivity contribution is -0.114. The molecule has 0 bridgehead atoms. The van der Waals surface area contributed by atoms with Crippen molar-refractivity contribution in [2.45, 2.75) is 20.3 Å². The molecular weight excluding hydrogens is 250 g/mol. The Balaban J connectivity index is 2.04. The summed E-state index contributed by atoms with van der Waals surface area (Å²) in [6.45, 7) is 3.47. The van der Waals surface area contributed by atoms with Crippen molar-refractivity contribution >= 4 is 34.5 Å². The highest BCUT2D eigenvalue weighted by Gasteiger charge is 2.02. The van der Waals surface area contributed by atoms with Gasteiger partial charge in [-0.3, -0.25) is 4.79 Å². The van der Waals surface area contributed by atoms with Crippen LogP contribution in [-0.4, -0.2) is 15.9 Å². The minimum absolute atomic E-state index is 0.125. The average Bonchev–Trinajstić information content (AvgIpc) is 2.94. The number of hydrogen-bond donors (Lipinski definition) is 1. The molecule has 2 heterocycles. The Bertz CT molecular complexity index is 571. The average molecular weight is 263 g/mol. The first-order valence-corrected chi connectivity index (χ1v) is 6.35. The monoisotopic (exact) mass is 263 g/mol. The van der Waals surface area contributed by atoms with Gasteiger partial charge in [-0.1, -0.05) is 18.3 Å². The predicted octanol–water partition coefficient (Wildman–Crippen LogP) is 2.82. The number of rotatable bonds is 4. The van der Waals surface area contributed by atoms with Gasteiger partial charge in [0.05, 0.1) is 6.20 Å². The molecule has 1 amide bonds. The fourth-order valence-corrected chi connectivity index (χ4v) is 2.05. The van der Waals surface area contributed by atoms with Gasteiger partial charge in [0.25, 0.3) is 0 Å². The topological polar surface area (TPSA) is 68.0 Å². The smallest absolute Gasteiger partial charge is 0.223 e. The maximum absolute atomic E-state index is 10.9. The molecule has 0 aromatic carbocycles. The quantitative estimate of drug-likeness (QED) is 0.921.